The molecule has 3 aromatic rings. The van der Waals surface area contributed by atoms with Crippen LogP contribution in [0.4, 0.5) is 10.3 Å². The highest BCUT2D eigenvalue weighted by Gasteiger charge is 2.25. The molecule has 132 valence electrons. The number of benzene rings is 2. The zero-order chi connectivity index (χ0) is 18.3. The van der Waals surface area contributed by atoms with E-state index < -0.39 is 0 Å². The molecule has 4 nitrogen and oxygen atoms in total. The van der Waals surface area contributed by atoms with Gasteiger partial charge in [0.05, 0.1) is 0 Å². The Labute approximate surface area is 152 Å². The predicted molar refractivity (Wildman–Crippen MR) is 101 cm³/mol. The number of nitrogens with one attached hydrogen (secondary N) is 1. The van der Waals surface area contributed by atoms with Gasteiger partial charge >= 0.3 is 0 Å². The maximum Gasteiger partial charge on any atom is 0.226 e. The summed E-state index contributed by atoms with van der Waals surface area (Å²) in [6.07, 6.45) is 3.47. The molecule has 0 saturated carbocycles. The van der Waals surface area contributed by atoms with E-state index in [1.807, 2.05) is 12.1 Å². The minimum absolute atomic E-state index is 0.1000. The second kappa shape index (κ2) is 6.09. The maximum atomic E-state index is 14.4. The molecule has 1 unspecified atom stereocenters. The number of hydrogen-bond acceptors (Lipinski definition) is 3. The van der Waals surface area contributed by atoms with Crippen LogP contribution in [-0.4, -0.2) is 14.8 Å². The van der Waals surface area contributed by atoms with Crippen LogP contribution in [0, 0.1) is 5.82 Å². The summed E-state index contributed by atoms with van der Waals surface area (Å²) in [5.74, 6) is 0.357. The summed E-state index contributed by atoms with van der Waals surface area (Å²) in [7, 11) is 0. The van der Waals surface area contributed by atoms with Crippen LogP contribution in [0.5, 0.6) is 0 Å². The van der Waals surface area contributed by atoms with E-state index in [1.54, 1.807) is 16.8 Å². The van der Waals surface area contributed by atoms with E-state index in [2.05, 4.69) is 60.4 Å². The summed E-state index contributed by atoms with van der Waals surface area (Å²) < 4.78 is 16.1. The minimum atomic E-state index is -0.341. The van der Waals surface area contributed by atoms with Gasteiger partial charge in [0.25, 0.3) is 0 Å². The van der Waals surface area contributed by atoms with Gasteiger partial charge in [0.15, 0.2) is 0 Å². The standard InChI is InChI=1S/C21H21FN4/c1-21(2,3)15-10-8-14(9-11-15)18-12-19(16-6-4-5-7-17(16)22)26-20(25-18)23-13-24-26/h4-13,19H,1-3H3,(H,23,24,25). The van der Waals surface area contributed by atoms with Crippen LogP contribution >= 0.6 is 0 Å². The van der Waals surface area contributed by atoms with E-state index in [1.165, 1.54) is 18.0 Å². The Morgan fingerprint density at radius 2 is 1.77 bits per heavy atom. The molecule has 0 bridgehead atoms. The van der Waals surface area contributed by atoms with Crippen molar-refractivity contribution in [3.63, 3.8) is 0 Å². The van der Waals surface area contributed by atoms with Crippen LogP contribution in [0.15, 0.2) is 60.9 Å². The second-order valence-corrected chi connectivity index (χ2v) is 7.53. The van der Waals surface area contributed by atoms with Crippen molar-refractivity contribution in [1.29, 1.82) is 0 Å². The third-order valence-electron chi connectivity index (χ3n) is 4.69. The summed E-state index contributed by atoms with van der Waals surface area (Å²) in [4.78, 5) is 4.27. The third kappa shape index (κ3) is 2.90. The van der Waals surface area contributed by atoms with Gasteiger partial charge in [0.1, 0.15) is 18.2 Å². The normalized spacial score (nSPS) is 16.6. The van der Waals surface area contributed by atoms with Crippen LogP contribution < -0.4 is 5.32 Å². The molecular formula is C21H21FN4. The van der Waals surface area contributed by atoms with E-state index in [-0.39, 0.29) is 17.3 Å². The summed E-state index contributed by atoms with van der Waals surface area (Å²) >= 11 is 0. The Morgan fingerprint density at radius 3 is 2.46 bits per heavy atom. The van der Waals surface area contributed by atoms with Crippen LogP contribution in [0.1, 0.15) is 43.5 Å². The lowest BCUT2D eigenvalue weighted by Gasteiger charge is -2.25. The summed E-state index contributed by atoms with van der Waals surface area (Å²) in [5.41, 5.74) is 3.88. The van der Waals surface area contributed by atoms with Crippen LogP contribution in [-0.2, 0) is 5.41 Å². The molecule has 0 radical (unpaired) electrons. The Balaban J connectivity index is 1.77. The van der Waals surface area contributed by atoms with E-state index in [0.29, 0.717) is 11.5 Å². The van der Waals surface area contributed by atoms with Crippen molar-refractivity contribution in [3.8, 4) is 0 Å². The number of anilines is 1. The second-order valence-electron chi connectivity index (χ2n) is 7.53. The van der Waals surface area contributed by atoms with Crippen molar-refractivity contribution in [2.45, 2.75) is 32.2 Å². The first-order valence-electron chi connectivity index (χ1n) is 8.67. The van der Waals surface area contributed by atoms with Gasteiger partial charge < -0.3 is 5.32 Å². The molecule has 0 saturated heterocycles. The highest BCUT2D eigenvalue weighted by Crippen LogP contribution is 2.33. The Morgan fingerprint density at radius 1 is 1.04 bits per heavy atom. The molecular weight excluding hydrogens is 327 g/mol. The van der Waals surface area contributed by atoms with Crippen molar-refractivity contribution < 1.29 is 4.39 Å². The largest absolute Gasteiger partial charge is 0.324 e. The van der Waals surface area contributed by atoms with E-state index >= 15 is 0 Å². The first kappa shape index (κ1) is 16.5. The molecule has 1 atom stereocenters. The fourth-order valence-corrected chi connectivity index (χ4v) is 3.19. The minimum Gasteiger partial charge on any atom is -0.324 e. The average Bonchev–Trinajstić information content (AvgIpc) is 3.09. The van der Waals surface area contributed by atoms with Gasteiger partial charge in [-0.05, 0) is 28.7 Å². The third-order valence-corrected chi connectivity index (χ3v) is 4.69. The lowest BCUT2D eigenvalue weighted by molar-refractivity contribution is 0.551. The van der Waals surface area contributed by atoms with Gasteiger partial charge in [-0.2, -0.15) is 10.1 Å². The lowest BCUT2D eigenvalue weighted by atomic mass is 9.86. The molecule has 1 aromatic heterocycles. The Bertz CT molecular complexity index is 964. The van der Waals surface area contributed by atoms with Crippen LogP contribution in [0.2, 0.25) is 0 Å². The predicted octanol–water partition coefficient (Wildman–Crippen LogP) is 4.77. The number of nitrogens with zero attached hydrogens (tertiary/aromatic N) is 3. The highest BCUT2D eigenvalue weighted by molar-refractivity contribution is 5.77. The quantitative estimate of drug-likeness (QED) is 0.725. The first-order chi connectivity index (χ1) is 12.4. The number of allylic oxidation sites excluding steroid dienone is 1. The molecule has 0 fully saturated rings. The Kier molecular flexibility index (Phi) is 3.87. The summed E-state index contributed by atoms with van der Waals surface area (Å²) in [6.45, 7) is 6.57. The number of halogens is 1. The number of rotatable bonds is 2. The fourth-order valence-electron chi connectivity index (χ4n) is 3.19. The van der Waals surface area contributed by atoms with E-state index in [9.17, 15) is 4.39 Å². The van der Waals surface area contributed by atoms with Crippen molar-refractivity contribution in [2.75, 3.05) is 5.32 Å². The van der Waals surface area contributed by atoms with Gasteiger partial charge in [0, 0.05) is 11.3 Å². The van der Waals surface area contributed by atoms with Crippen molar-refractivity contribution in [1.82, 2.24) is 14.8 Å². The van der Waals surface area contributed by atoms with E-state index in [4.69, 9.17) is 0 Å². The molecule has 2 heterocycles. The van der Waals surface area contributed by atoms with Crippen LogP contribution in [0.3, 0.4) is 0 Å². The SMILES string of the molecule is CC(C)(C)c1ccc(C2=CC(c3ccccc3F)n3ncnc3N2)cc1. The molecule has 26 heavy (non-hydrogen) atoms. The lowest BCUT2D eigenvalue weighted by Crippen LogP contribution is -2.21. The smallest absolute Gasteiger partial charge is 0.226 e. The molecule has 0 aliphatic carbocycles. The van der Waals surface area contributed by atoms with Gasteiger partial charge in [-0.3, -0.25) is 0 Å². The first-order valence-corrected chi connectivity index (χ1v) is 8.67. The fraction of sp³-hybridized carbons (Fsp3) is 0.238. The molecule has 0 spiro atoms. The molecule has 1 aliphatic heterocycles. The molecule has 5 heteroatoms. The summed E-state index contributed by atoms with van der Waals surface area (Å²) in [6, 6.07) is 14.9. The number of hydrogen-bond donors (Lipinski definition) is 1. The van der Waals surface area contributed by atoms with Crippen LogP contribution in [0.25, 0.3) is 5.70 Å². The monoisotopic (exact) mass is 348 g/mol. The molecule has 1 N–H and O–H groups in total. The molecule has 2 aromatic carbocycles. The Hall–Kier alpha value is -2.95. The number of aromatic nitrogens is 3. The van der Waals surface area contributed by atoms with Crippen molar-refractivity contribution in [2.24, 2.45) is 0 Å². The maximum absolute atomic E-state index is 14.4. The zero-order valence-electron chi connectivity index (χ0n) is 15.1. The zero-order valence-corrected chi connectivity index (χ0v) is 15.1. The van der Waals surface area contributed by atoms with Crippen molar-refractivity contribution in [3.05, 3.63) is 83.4 Å². The van der Waals surface area contributed by atoms with Gasteiger partial charge in [-0.1, -0.05) is 63.2 Å². The number of fused-ring (bicyclic) bond motifs is 1. The topological polar surface area (TPSA) is 42.7 Å². The van der Waals surface area contributed by atoms with E-state index in [0.717, 1.165) is 11.3 Å². The average molecular weight is 348 g/mol. The van der Waals surface area contributed by atoms with Gasteiger partial charge in [-0.15, -0.1) is 0 Å². The molecule has 0 amide bonds. The van der Waals surface area contributed by atoms with Gasteiger partial charge in [-0.25, -0.2) is 9.07 Å². The van der Waals surface area contributed by atoms with Gasteiger partial charge in [0.2, 0.25) is 5.95 Å². The molecule has 1 aliphatic rings. The molecule has 4 rings (SSSR count). The highest BCUT2D eigenvalue weighted by atomic mass is 19.1. The van der Waals surface area contributed by atoms with Crippen molar-refractivity contribution >= 4 is 11.6 Å². The summed E-state index contributed by atoms with van der Waals surface area (Å²) in [5, 5.41) is 7.56.